The Kier molecular flexibility index (Phi) is 3.23. The van der Waals surface area contributed by atoms with Crippen LogP contribution in [0.2, 0.25) is 0 Å². The number of methoxy groups -OCH3 is 1. The number of benzene rings is 1. The van der Waals surface area contributed by atoms with E-state index in [-0.39, 0.29) is 5.91 Å². The number of carbonyl (C=O) groups excluding carboxylic acids is 1. The Morgan fingerprint density at radius 2 is 2.21 bits per heavy atom. The molecule has 3 rings (SSSR count). The summed E-state index contributed by atoms with van der Waals surface area (Å²) < 4.78 is 5.18. The predicted octanol–water partition coefficient (Wildman–Crippen LogP) is 2.60. The molecule has 0 saturated heterocycles. The molecular weight excluding hydrogens is 240 g/mol. The summed E-state index contributed by atoms with van der Waals surface area (Å²) in [7, 11) is 1.56. The Balaban J connectivity index is 1.70. The Bertz CT molecular complexity index is 525. The summed E-state index contributed by atoms with van der Waals surface area (Å²) in [6, 6.07) is 7.19. The molecule has 0 spiro atoms. The lowest BCUT2D eigenvalue weighted by molar-refractivity contribution is 0.0951. The van der Waals surface area contributed by atoms with Crippen LogP contribution in [-0.2, 0) is 0 Å². The maximum atomic E-state index is 12.1. The third-order valence-electron chi connectivity index (χ3n) is 4.16. The molecule has 4 nitrogen and oxygen atoms in total. The molecule has 0 unspecified atom stereocenters. The van der Waals surface area contributed by atoms with Crippen LogP contribution in [0.5, 0.6) is 5.75 Å². The van der Waals surface area contributed by atoms with E-state index in [0.29, 0.717) is 17.2 Å². The van der Waals surface area contributed by atoms with Gasteiger partial charge in [-0.1, -0.05) is 12.1 Å². The first-order valence-electron chi connectivity index (χ1n) is 6.77. The zero-order valence-corrected chi connectivity index (χ0v) is 11.1. The summed E-state index contributed by atoms with van der Waals surface area (Å²) >= 11 is 0. The largest absolute Gasteiger partial charge is 0.496 e. The van der Waals surface area contributed by atoms with Gasteiger partial charge in [0.1, 0.15) is 5.75 Å². The van der Waals surface area contributed by atoms with Crippen molar-refractivity contribution in [2.24, 2.45) is 16.9 Å². The van der Waals surface area contributed by atoms with E-state index in [0.717, 1.165) is 12.3 Å². The number of para-hydroxylation sites is 1. The third kappa shape index (κ3) is 2.35. The van der Waals surface area contributed by atoms with E-state index >= 15 is 0 Å². The van der Waals surface area contributed by atoms with Gasteiger partial charge < -0.3 is 4.74 Å². The normalized spacial score (nSPS) is 26.7. The second-order valence-electron chi connectivity index (χ2n) is 5.32. The number of rotatable bonds is 3. The SMILES string of the molecule is COc1ccccc1C(=O)N/N=C1/C[C@H]2CC[C@@H]1C2. The van der Waals surface area contributed by atoms with E-state index in [1.54, 1.807) is 19.2 Å². The predicted molar refractivity (Wildman–Crippen MR) is 73.3 cm³/mol. The fourth-order valence-corrected chi connectivity index (χ4v) is 3.18. The number of nitrogens with one attached hydrogen (secondary N) is 1. The van der Waals surface area contributed by atoms with Gasteiger partial charge in [0.25, 0.3) is 5.91 Å². The minimum absolute atomic E-state index is 0.201. The Morgan fingerprint density at radius 1 is 1.37 bits per heavy atom. The zero-order valence-electron chi connectivity index (χ0n) is 11.1. The topological polar surface area (TPSA) is 50.7 Å². The molecule has 0 aromatic heterocycles. The lowest BCUT2D eigenvalue weighted by Crippen LogP contribution is -2.22. The fraction of sp³-hybridized carbons (Fsp3) is 0.467. The van der Waals surface area contributed by atoms with Crippen molar-refractivity contribution < 1.29 is 9.53 Å². The number of hydrogen-bond acceptors (Lipinski definition) is 3. The van der Waals surface area contributed by atoms with Gasteiger partial charge in [-0.25, -0.2) is 5.43 Å². The van der Waals surface area contributed by atoms with E-state index in [9.17, 15) is 4.79 Å². The van der Waals surface area contributed by atoms with Gasteiger partial charge >= 0.3 is 0 Å². The second-order valence-corrected chi connectivity index (χ2v) is 5.32. The van der Waals surface area contributed by atoms with Crippen molar-refractivity contribution in [3.63, 3.8) is 0 Å². The highest BCUT2D eigenvalue weighted by atomic mass is 16.5. The molecule has 2 fully saturated rings. The van der Waals surface area contributed by atoms with Crippen LogP contribution < -0.4 is 10.2 Å². The molecule has 0 aliphatic heterocycles. The van der Waals surface area contributed by atoms with Gasteiger partial charge in [0, 0.05) is 5.71 Å². The van der Waals surface area contributed by atoms with Crippen LogP contribution in [0.25, 0.3) is 0 Å². The van der Waals surface area contributed by atoms with Gasteiger partial charge in [-0.2, -0.15) is 5.10 Å². The maximum absolute atomic E-state index is 12.1. The van der Waals surface area contributed by atoms with Crippen LogP contribution in [0.3, 0.4) is 0 Å². The molecule has 100 valence electrons. The Hall–Kier alpha value is -1.84. The van der Waals surface area contributed by atoms with E-state index in [4.69, 9.17) is 4.74 Å². The molecule has 2 saturated carbocycles. The van der Waals surface area contributed by atoms with Crippen LogP contribution in [0.15, 0.2) is 29.4 Å². The summed E-state index contributed by atoms with van der Waals surface area (Å²) in [6.07, 6.45) is 4.86. The molecule has 2 atom stereocenters. The first kappa shape index (κ1) is 12.2. The minimum atomic E-state index is -0.201. The first-order chi connectivity index (χ1) is 9.28. The molecule has 1 aromatic rings. The summed E-state index contributed by atoms with van der Waals surface area (Å²) in [4.78, 5) is 12.1. The van der Waals surface area contributed by atoms with Crippen LogP contribution >= 0.6 is 0 Å². The molecule has 0 heterocycles. The lowest BCUT2D eigenvalue weighted by atomic mass is 9.99. The highest BCUT2D eigenvalue weighted by Crippen LogP contribution is 2.42. The molecule has 2 aliphatic rings. The standard InChI is InChI=1S/C15H18N2O2/c1-19-14-5-3-2-4-12(14)15(18)17-16-13-9-10-6-7-11(13)8-10/h2-5,10-11H,6-9H2,1H3,(H,17,18)/b16-13-/t10-,11+/m0/s1. The number of amides is 1. The van der Waals surface area contributed by atoms with Gasteiger partial charge in [-0.3, -0.25) is 4.79 Å². The summed E-state index contributed by atoms with van der Waals surface area (Å²) in [6.45, 7) is 0. The maximum Gasteiger partial charge on any atom is 0.275 e. The van der Waals surface area contributed by atoms with Crippen LogP contribution in [-0.4, -0.2) is 18.7 Å². The van der Waals surface area contributed by atoms with Gasteiger partial charge in [-0.15, -0.1) is 0 Å². The summed E-state index contributed by atoms with van der Waals surface area (Å²) in [5.74, 6) is 1.77. The molecular formula is C15H18N2O2. The van der Waals surface area contributed by atoms with Crippen molar-refractivity contribution >= 4 is 11.6 Å². The molecule has 4 heteroatoms. The molecule has 0 radical (unpaired) electrons. The van der Waals surface area contributed by atoms with Crippen molar-refractivity contribution in [1.29, 1.82) is 0 Å². The first-order valence-corrected chi connectivity index (χ1v) is 6.77. The number of carbonyl (C=O) groups is 1. The van der Waals surface area contributed by atoms with Crippen molar-refractivity contribution in [3.8, 4) is 5.75 Å². The quantitative estimate of drug-likeness (QED) is 0.847. The van der Waals surface area contributed by atoms with Gasteiger partial charge in [-0.05, 0) is 49.7 Å². The number of fused-ring (bicyclic) bond motifs is 2. The number of ether oxygens (including phenoxy) is 1. The van der Waals surface area contributed by atoms with E-state index in [2.05, 4.69) is 10.5 Å². The second kappa shape index (κ2) is 5.03. The van der Waals surface area contributed by atoms with Gasteiger partial charge in [0.15, 0.2) is 0 Å². The van der Waals surface area contributed by atoms with E-state index in [1.165, 1.54) is 25.0 Å². The summed E-state index contributed by atoms with van der Waals surface area (Å²) in [5.41, 5.74) is 4.36. The lowest BCUT2D eigenvalue weighted by Gasteiger charge is -2.12. The van der Waals surface area contributed by atoms with Crippen molar-refractivity contribution in [2.75, 3.05) is 7.11 Å². The molecule has 1 aromatic carbocycles. The number of hydrogen-bond donors (Lipinski definition) is 1. The average molecular weight is 258 g/mol. The Labute approximate surface area is 112 Å². The third-order valence-corrected chi connectivity index (χ3v) is 4.16. The molecule has 2 aliphatic carbocycles. The van der Waals surface area contributed by atoms with Gasteiger partial charge in [0.2, 0.25) is 0 Å². The average Bonchev–Trinajstić information content (AvgIpc) is 3.07. The van der Waals surface area contributed by atoms with Crippen molar-refractivity contribution in [1.82, 2.24) is 5.43 Å². The monoisotopic (exact) mass is 258 g/mol. The Morgan fingerprint density at radius 3 is 2.89 bits per heavy atom. The fourth-order valence-electron chi connectivity index (χ4n) is 3.18. The van der Waals surface area contributed by atoms with E-state index < -0.39 is 0 Å². The van der Waals surface area contributed by atoms with Crippen LogP contribution in [0, 0.1) is 11.8 Å². The highest BCUT2D eigenvalue weighted by molar-refractivity contribution is 5.98. The number of hydrazone groups is 1. The zero-order chi connectivity index (χ0) is 13.2. The molecule has 19 heavy (non-hydrogen) atoms. The van der Waals surface area contributed by atoms with Crippen LogP contribution in [0.4, 0.5) is 0 Å². The minimum Gasteiger partial charge on any atom is -0.496 e. The summed E-state index contributed by atoms with van der Waals surface area (Å²) in [5, 5.41) is 4.32. The van der Waals surface area contributed by atoms with Gasteiger partial charge in [0.05, 0.1) is 12.7 Å². The molecule has 2 bridgehead atoms. The van der Waals surface area contributed by atoms with E-state index in [1.807, 2.05) is 12.1 Å². The van der Waals surface area contributed by atoms with Crippen molar-refractivity contribution in [3.05, 3.63) is 29.8 Å². The van der Waals surface area contributed by atoms with Crippen LogP contribution in [0.1, 0.15) is 36.0 Å². The molecule has 1 amide bonds. The smallest absolute Gasteiger partial charge is 0.275 e. The van der Waals surface area contributed by atoms with Crippen molar-refractivity contribution in [2.45, 2.75) is 25.7 Å². The number of nitrogens with zero attached hydrogens (tertiary/aromatic N) is 1. The highest BCUT2D eigenvalue weighted by Gasteiger charge is 2.36. The molecule has 1 N–H and O–H groups in total.